The summed E-state index contributed by atoms with van der Waals surface area (Å²) in [6.07, 6.45) is 8.79. The van der Waals surface area contributed by atoms with Gasteiger partial charge in [0.1, 0.15) is 5.75 Å². The smallest absolute Gasteiger partial charge is 0.330 e. The highest BCUT2D eigenvalue weighted by molar-refractivity contribution is 5.87. The van der Waals surface area contributed by atoms with Crippen molar-refractivity contribution < 1.29 is 24.9 Å². The Labute approximate surface area is 203 Å². The number of ether oxygens (including phenoxy) is 1. The van der Waals surface area contributed by atoms with E-state index in [0.29, 0.717) is 6.42 Å². The second kappa shape index (κ2) is 10.1. The number of phenolic OH excluding ortho intramolecular Hbond substituents is 1. The lowest BCUT2D eigenvalue weighted by atomic mass is 9.44. The van der Waals surface area contributed by atoms with Gasteiger partial charge >= 0.3 is 5.97 Å². The van der Waals surface area contributed by atoms with Crippen molar-refractivity contribution in [3.8, 4) is 5.75 Å². The number of hydrogen-bond acceptors (Lipinski definition) is 5. The maximum atomic E-state index is 12.5. The molecule has 0 radical (unpaired) electrons. The Morgan fingerprint density at radius 1 is 1.21 bits per heavy atom. The van der Waals surface area contributed by atoms with Gasteiger partial charge in [0.05, 0.1) is 18.3 Å². The normalized spacial score (nSPS) is 35.5. The molecule has 0 spiro atoms. The molecule has 2 fully saturated rings. The molecule has 1 aromatic carbocycles. The highest BCUT2D eigenvalue weighted by Gasteiger charge is 2.62. The molecule has 0 unspecified atom stereocenters. The molecule has 5 heteroatoms. The average molecular weight is 469 g/mol. The molecule has 2 aliphatic carbocycles. The van der Waals surface area contributed by atoms with Gasteiger partial charge < -0.3 is 20.1 Å². The van der Waals surface area contributed by atoms with Crippen molar-refractivity contribution in [1.29, 1.82) is 0 Å². The predicted octanol–water partition coefficient (Wildman–Crippen LogP) is 5.42. The van der Waals surface area contributed by atoms with E-state index >= 15 is 0 Å². The molecule has 2 saturated carbocycles. The van der Waals surface area contributed by atoms with Crippen molar-refractivity contribution in [2.24, 2.45) is 22.7 Å². The Morgan fingerprint density at radius 3 is 2.53 bits per heavy atom. The zero-order chi connectivity index (χ0) is 25.1. The molecule has 1 aromatic rings. The van der Waals surface area contributed by atoms with Gasteiger partial charge in [-0.1, -0.05) is 57.2 Å². The van der Waals surface area contributed by atoms with Crippen LogP contribution in [0.4, 0.5) is 0 Å². The van der Waals surface area contributed by atoms with E-state index in [1.807, 2.05) is 0 Å². The molecule has 3 N–H and O–H groups in total. The zero-order valence-corrected chi connectivity index (χ0v) is 20.8. The maximum Gasteiger partial charge on any atom is 0.330 e. The quantitative estimate of drug-likeness (QED) is 0.270. The van der Waals surface area contributed by atoms with E-state index in [1.165, 1.54) is 6.08 Å². The lowest BCUT2D eigenvalue weighted by molar-refractivity contribution is -0.228. The number of phenols is 1. The Kier molecular flexibility index (Phi) is 7.79. The SMILES string of the molecule is C=CC(=C)CC[C@H]1[C@](C)(O)[C@H](O)C[C@H]2[C@@](C)(COC(=O)/C=C/c3ccc(O)cc3)CCC[C@@]21C. The Bertz CT molecular complexity index is 930. The van der Waals surface area contributed by atoms with Crippen LogP contribution in [0.15, 0.2) is 55.1 Å². The van der Waals surface area contributed by atoms with Crippen LogP contribution >= 0.6 is 0 Å². The topological polar surface area (TPSA) is 87.0 Å². The molecular formula is C29H40O5. The van der Waals surface area contributed by atoms with Gasteiger partial charge in [-0.05, 0) is 80.1 Å². The van der Waals surface area contributed by atoms with E-state index in [-0.39, 0.29) is 35.0 Å². The summed E-state index contributed by atoms with van der Waals surface area (Å²) in [5, 5.41) is 31.7. The number of benzene rings is 1. The van der Waals surface area contributed by atoms with Crippen LogP contribution in [0.3, 0.4) is 0 Å². The molecule has 3 rings (SSSR count). The maximum absolute atomic E-state index is 12.5. The Morgan fingerprint density at radius 2 is 1.88 bits per heavy atom. The van der Waals surface area contributed by atoms with E-state index < -0.39 is 17.7 Å². The summed E-state index contributed by atoms with van der Waals surface area (Å²) in [5.74, 6) is -0.229. The van der Waals surface area contributed by atoms with Gasteiger partial charge in [0, 0.05) is 11.5 Å². The standard InChI is InChI=1S/C29H40O5/c1-6-20(2)8-14-23-28(4)17-7-16-27(3,24(28)18-25(31)29(23,5)33)19-34-26(32)15-11-21-9-12-22(30)13-10-21/h6,9-13,15,23-25,30-31,33H,1-2,7-8,14,16-19H2,3-5H3/b15-11+/t23-,24+,25-,27-,28-,29+/m1/s1. The first kappa shape index (κ1) is 26.2. The third-order valence-electron chi connectivity index (χ3n) is 8.63. The van der Waals surface area contributed by atoms with Gasteiger partial charge in [-0.15, -0.1) is 0 Å². The number of carbonyl (C=O) groups excluding carboxylic acids is 1. The molecule has 0 amide bonds. The summed E-state index contributed by atoms with van der Waals surface area (Å²) >= 11 is 0. The predicted molar refractivity (Wildman–Crippen MR) is 135 cm³/mol. The molecule has 186 valence electrons. The van der Waals surface area contributed by atoms with Crippen molar-refractivity contribution >= 4 is 12.0 Å². The van der Waals surface area contributed by atoms with Crippen LogP contribution in [0.25, 0.3) is 6.08 Å². The van der Waals surface area contributed by atoms with E-state index in [0.717, 1.165) is 43.2 Å². The van der Waals surface area contributed by atoms with Crippen molar-refractivity contribution in [3.05, 3.63) is 60.7 Å². The summed E-state index contributed by atoms with van der Waals surface area (Å²) in [7, 11) is 0. The molecule has 5 nitrogen and oxygen atoms in total. The molecule has 6 atom stereocenters. The number of allylic oxidation sites excluding steroid dienone is 2. The van der Waals surface area contributed by atoms with Crippen molar-refractivity contribution in [2.75, 3.05) is 6.61 Å². The van der Waals surface area contributed by atoms with Crippen LogP contribution in [-0.4, -0.2) is 39.6 Å². The summed E-state index contributed by atoms with van der Waals surface area (Å²) < 4.78 is 5.72. The zero-order valence-electron chi connectivity index (χ0n) is 20.8. The van der Waals surface area contributed by atoms with E-state index in [9.17, 15) is 20.1 Å². The van der Waals surface area contributed by atoms with E-state index in [1.54, 1.807) is 43.3 Å². The second-order valence-corrected chi connectivity index (χ2v) is 11.0. The summed E-state index contributed by atoms with van der Waals surface area (Å²) in [6.45, 7) is 14.3. The Hall–Kier alpha value is -2.37. The van der Waals surface area contributed by atoms with Gasteiger partial charge in [0.25, 0.3) is 0 Å². The van der Waals surface area contributed by atoms with Gasteiger partial charge in [0.15, 0.2) is 0 Å². The third-order valence-corrected chi connectivity index (χ3v) is 8.63. The fourth-order valence-corrected chi connectivity index (χ4v) is 6.61. The van der Waals surface area contributed by atoms with Crippen LogP contribution in [-0.2, 0) is 9.53 Å². The molecule has 2 aliphatic rings. The van der Waals surface area contributed by atoms with Crippen LogP contribution in [0.5, 0.6) is 5.75 Å². The van der Waals surface area contributed by atoms with Crippen molar-refractivity contribution in [1.82, 2.24) is 0 Å². The molecule has 0 aromatic heterocycles. The molecular weight excluding hydrogens is 428 g/mol. The van der Waals surface area contributed by atoms with Crippen LogP contribution in [0.1, 0.15) is 64.9 Å². The monoisotopic (exact) mass is 468 g/mol. The summed E-state index contributed by atoms with van der Waals surface area (Å²) in [5.41, 5.74) is 0.0666. The second-order valence-electron chi connectivity index (χ2n) is 11.0. The number of aliphatic hydroxyl groups excluding tert-OH is 1. The number of esters is 1. The highest BCUT2D eigenvalue weighted by Crippen LogP contribution is 2.63. The van der Waals surface area contributed by atoms with Crippen molar-refractivity contribution in [3.63, 3.8) is 0 Å². The molecule has 0 saturated heterocycles. The minimum atomic E-state index is -1.19. The third kappa shape index (κ3) is 5.31. The largest absolute Gasteiger partial charge is 0.508 e. The summed E-state index contributed by atoms with van der Waals surface area (Å²) in [6, 6.07) is 6.59. The number of carbonyl (C=O) groups is 1. The number of aromatic hydroxyl groups is 1. The number of aliphatic hydroxyl groups is 2. The minimum Gasteiger partial charge on any atom is -0.508 e. The molecule has 0 aliphatic heterocycles. The lowest BCUT2D eigenvalue weighted by Crippen LogP contribution is -2.64. The fourth-order valence-electron chi connectivity index (χ4n) is 6.61. The first-order valence-electron chi connectivity index (χ1n) is 12.3. The number of fused-ring (bicyclic) bond motifs is 1. The highest BCUT2D eigenvalue weighted by atomic mass is 16.5. The Balaban J connectivity index is 1.75. The number of rotatable bonds is 8. The van der Waals surface area contributed by atoms with Crippen LogP contribution in [0.2, 0.25) is 0 Å². The fraction of sp³-hybridized carbons (Fsp3) is 0.552. The van der Waals surface area contributed by atoms with E-state index in [4.69, 9.17) is 4.74 Å². The van der Waals surface area contributed by atoms with Crippen LogP contribution in [0, 0.1) is 22.7 Å². The number of hydrogen-bond donors (Lipinski definition) is 3. The summed E-state index contributed by atoms with van der Waals surface area (Å²) in [4.78, 5) is 12.5. The lowest BCUT2D eigenvalue weighted by Gasteiger charge is -2.63. The van der Waals surface area contributed by atoms with Gasteiger partial charge in [-0.2, -0.15) is 0 Å². The van der Waals surface area contributed by atoms with Gasteiger partial charge in [0.2, 0.25) is 0 Å². The van der Waals surface area contributed by atoms with Crippen molar-refractivity contribution in [2.45, 2.75) is 71.0 Å². The first-order valence-corrected chi connectivity index (χ1v) is 12.3. The minimum absolute atomic E-state index is 0.102. The molecule has 0 heterocycles. The average Bonchev–Trinajstić information content (AvgIpc) is 2.79. The van der Waals surface area contributed by atoms with Crippen LogP contribution < -0.4 is 0 Å². The van der Waals surface area contributed by atoms with E-state index in [2.05, 4.69) is 27.0 Å². The first-order chi connectivity index (χ1) is 15.9. The molecule has 0 bridgehead atoms. The van der Waals surface area contributed by atoms with Gasteiger partial charge in [-0.25, -0.2) is 4.79 Å². The van der Waals surface area contributed by atoms with Gasteiger partial charge in [-0.3, -0.25) is 0 Å². The molecule has 34 heavy (non-hydrogen) atoms.